The molecule has 6 heteroatoms. The summed E-state index contributed by atoms with van der Waals surface area (Å²) < 4.78 is 17.9. The molecular weight excluding hydrogens is 538 g/mol. The molecule has 1 N–H and O–H groups in total. The van der Waals surface area contributed by atoms with Gasteiger partial charge in [-0.1, -0.05) is 72.6 Å². The summed E-state index contributed by atoms with van der Waals surface area (Å²) >= 11 is 0. The lowest BCUT2D eigenvalue weighted by Gasteiger charge is -2.38. The van der Waals surface area contributed by atoms with Crippen molar-refractivity contribution in [2.75, 3.05) is 0 Å². The first-order valence-corrected chi connectivity index (χ1v) is 16.9. The minimum atomic E-state index is -0.843. The summed E-state index contributed by atoms with van der Waals surface area (Å²) in [7, 11) is 0. The molecule has 0 aliphatic carbocycles. The fourth-order valence-electron chi connectivity index (χ4n) is 6.15. The zero-order chi connectivity index (χ0) is 32.5. The van der Waals surface area contributed by atoms with Crippen LogP contribution in [0.25, 0.3) is 0 Å². The maximum absolute atomic E-state index is 12.9. The van der Waals surface area contributed by atoms with E-state index < -0.39 is 23.7 Å². The maximum Gasteiger partial charge on any atom is 0.408 e. The van der Waals surface area contributed by atoms with E-state index in [1.807, 2.05) is 20.8 Å². The quantitative estimate of drug-likeness (QED) is 0.160. The van der Waals surface area contributed by atoms with Crippen LogP contribution in [0.4, 0.5) is 4.79 Å². The molecule has 1 aliphatic heterocycles. The summed E-state index contributed by atoms with van der Waals surface area (Å²) in [5.41, 5.74) is 3.13. The second kappa shape index (κ2) is 16.2. The van der Waals surface area contributed by atoms with Crippen LogP contribution >= 0.6 is 0 Å². The first-order chi connectivity index (χ1) is 19.9. The molecule has 0 unspecified atom stereocenters. The van der Waals surface area contributed by atoms with Gasteiger partial charge in [0.1, 0.15) is 28.7 Å². The van der Waals surface area contributed by atoms with Gasteiger partial charge in [-0.05, 0) is 116 Å². The van der Waals surface area contributed by atoms with Crippen LogP contribution in [0.5, 0.6) is 11.5 Å². The van der Waals surface area contributed by atoms with Crippen LogP contribution in [0.3, 0.4) is 0 Å². The minimum absolute atomic E-state index is 0.189. The monoisotopic (exact) mass is 601 g/mol. The number of alkyl carbamates (subject to hydrolysis) is 1. The molecule has 1 amide bonds. The third-order valence-electron chi connectivity index (χ3n) is 9.13. The number of carbonyl (C=O) groups is 2. The fourth-order valence-corrected chi connectivity index (χ4v) is 6.15. The van der Waals surface area contributed by atoms with E-state index in [1.54, 1.807) is 27.7 Å². The molecular formula is C37H63NO5. The maximum atomic E-state index is 12.9. The van der Waals surface area contributed by atoms with Gasteiger partial charge < -0.3 is 19.5 Å². The third-order valence-corrected chi connectivity index (χ3v) is 9.13. The topological polar surface area (TPSA) is 73.9 Å². The van der Waals surface area contributed by atoms with Gasteiger partial charge in [0, 0.05) is 5.56 Å². The average Bonchev–Trinajstić information content (AvgIpc) is 2.88. The molecule has 0 saturated carbocycles. The Hall–Kier alpha value is -2.24. The van der Waals surface area contributed by atoms with E-state index >= 15 is 0 Å². The fraction of sp³-hybridized carbons (Fsp3) is 0.784. The standard InChI is InChI=1S/C37H63NO5/c1-24(2)16-13-17-25(3)18-14-19-26(4)20-15-22-37(12)23-21-31-29(7)32(27(5)28(6)33(31)42-37)41-34(39)30(8)38-35(40)43-36(9,10)11/h24-26,30H,13-23H2,1-12H3,(H,38,40)/t25-,26+,30-,37+/m1/s1. The molecule has 2 rings (SSSR count). The largest absolute Gasteiger partial charge is 0.487 e. The van der Waals surface area contributed by atoms with Crippen molar-refractivity contribution in [3.8, 4) is 11.5 Å². The lowest BCUT2D eigenvalue weighted by Crippen LogP contribution is -2.43. The zero-order valence-electron chi connectivity index (χ0n) is 29.6. The average molecular weight is 602 g/mol. The normalized spacial score (nSPS) is 18.8. The number of hydrogen-bond donors (Lipinski definition) is 1. The van der Waals surface area contributed by atoms with E-state index in [1.165, 1.54) is 51.4 Å². The van der Waals surface area contributed by atoms with Gasteiger partial charge in [0.2, 0.25) is 0 Å². The van der Waals surface area contributed by atoms with Gasteiger partial charge in [-0.2, -0.15) is 0 Å². The van der Waals surface area contributed by atoms with Crippen molar-refractivity contribution in [3.05, 3.63) is 22.3 Å². The predicted octanol–water partition coefficient (Wildman–Crippen LogP) is 9.95. The van der Waals surface area contributed by atoms with Crippen molar-refractivity contribution in [1.82, 2.24) is 5.32 Å². The Morgan fingerprint density at radius 2 is 1.42 bits per heavy atom. The van der Waals surface area contributed by atoms with Crippen LogP contribution in [0.1, 0.15) is 149 Å². The van der Waals surface area contributed by atoms with E-state index in [9.17, 15) is 9.59 Å². The van der Waals surface area contributed by atoms with Crippen molar-refractivity contribution in [2.24, 2.45) is 17.8 Å². The predicted molar refractivity (Wildman–Crippen MR) is 177 cm³/mol. The molecule has 1 heterocycles. The van der Waals surface area contributed by atoms with E-state index in [4.69, 9.17) is 14.2 Å². The molecule has 4 atom stereocenters. The number of fused-ring (bicyclic) bond motifs is 1. The Bertz CT molecular complexity index is 1070. The molecule has 246 valence electrons. The SMILES string of the molecule is Cc1c(C)c2c(c(C)c1OC(=O)[C@@H](C)NC(=O)OC(C)(C)C)CC[C@](C)(CCC[C@@H](C)CCC[C@H](C)CCCC(C)C)O2. The highest BCUT2D eigenvalue weighted by atomic mass is 16.6. The van der Waals surface area contributed by atoms with E-state index in [0.717, 1.165) is 65.0 Å². The molecule has 1 aromatic rings. The second-order valence-electron chi connectivity index (χ2n) is 15.2. The highest BCUT2D eigenvalue weighted by molar-refractivity contribution is 5.83. The number of amides is 1. The summed E-state index contributed by atoms with van der Waals surface area (Å²) in [5.74, 6) is 3.40. The number of nitrogens with one attached hydrogen (secondary N) is 1. The molecule has 0 radical (unpaired) electrons. The van der Waals surface area contributed by atoms with E-state index in [0.29, 0.717) is 5.75 Å². The molecule has 0 bridgehead atoms. The molecule has 0 aromatic heterocycles. The van der Waals surface area contributed by atoms with Gasteiger partial charge in [-0.15, -0.1) is 0 Å². The van der Waals surface area contributed by atoms with Gasteiger partial charge in [0.15, 0.2) is 0 Å². The van der Waals surface area contributed by atoms with Crippen molar-refractivity contribution in [2.45, 2.75) is 171 Å². The number of hydrogen-bond acceptors (Lipinski definition) is 5. The van der Waals surface area contributed by atoms with Crippen molar-refractivity contribution < 1.29 is 23.8 Å². The Kier molecular flexibility index (Phi) is 13.9. The number of carbonyl (C=O) groups excluding carboxylic acids is 2. The second-order valence-corrected chi connectivity index (χ2v) is 15.2. The minimum Gasteiger partial charge on any atom is -0.487 e. The Balaban J connectivity index is 1.92. The zero-order valence-corrected chi connectivity index (χ0v) is 29.6. The van der Waals surface area contributed by atoms with Gasteiger partial charge in [-0.25, -0.2) is 9.59 Å². The van der Waals surface area contributed by atoms with Crippen LogP contribution in [-0.4, -0.2) is 29.3 Å². The van der Waals surface area contributed by atoms with Gasteiger partial charge >= 0.3 is 12.1 Å². The Labute approximate surface area is 263 Å². The van der Waals surface area contributed by atoms with E-state index in [2.05, 4.69) is 39.9 Å². The smallest absolute Gasteiger partial charge is 0.408 e. The summed E-state index contributed by atoms with van der Waals surface area (Å²) in [4.78, 5) is 25.1. The van der Waals surface area contributed by atoms with Crippen LogP contribution < -0.4 is 14.8 Å². The van der Waals surface area contributed by atoms with Gasteiger partial charge in [-0.3, -0.25) is 0 Å². The number of benzene rings is 1. The summed E-state index contributed by atoms with van der Waals surface area (Å²) in [6.07, 6.45) is 12.8. The lowest BCUT2D eigenvalue weighted by atomic mass is 9.83. The number of ether oxygens (including phenoxy) is 3. The third kappa shape index (κ3) is 12.0. The highest BCUT2D eigenvalue weighted by Gasteiger charge is 2.35. The van der Waals surface area contributed by atoms with Crippen LogP contribution in [-0.2, 0) is 16.0 Å². The van der Waals surface area contributed by atoms with Crippen LogP contribution in [0.15, 0.2) is 0 Å². The molecule has 1 aromatic carbocycles. The van der Waals surface area contributed by atoms with Gasteiger partial charge in [0.05, 0.1) is 0 Å². The molecule has 1 aliphatic rings. The van der Waals surface area contributed by atoms with Crippen molar-refractivity contribution >= 4 is 12.1 Å². The summed E-state index contributed by atoms with van der Waals surface area (Å²) in [6, 6.07) is -0.843. The van der Waals surface area contributed by atoms with E-state index in [-0.39, 0.29) is 5.60 Å². The molecule has 0 saturated heterocycles. The Morgan fingerprint density at radius 3 is 1.98 bits per heavy atom. The molecule has 6 nitrogen and oxygen atoms in total. The molecule has 43 heavy (non-hydrogen) atoms. The highest BCUT2D eigenvalue weighted by Crippen LogP contribution is 2.45. The van der Waals surface area contributed by atoms with Crippen molar-refractivity contribution in [1.29, 1.82) is 0 Å². The first-order valence-electron chi connectivity index (χ1n) is 16.9. The lowest BCUT2D eigenvalue weighted by molar-refractivity contribution is -0.136. The van der Waals surface area contributed by atoms with Gasteiger partial charge in [0.25, 0.3) is 0 Å². The van der Waals surface area contributed by atoms with Crippen LogP contribution in [0, 0.1) is 38.5 Å². The number of rotatable bonds is 15. The first kappa shape index (κ1) is 36.9. The summed E-state index contributed by atoms with van der Waals surface area (Å²) in [5, 5.41) is 2.58. The molecule has 0 spiro atoms. The molecule has 0 fully saturated rings. The summed E-state index contributed by atoms with van der Waals surface area (Å²) in [6.45, 7) is 24.7. The van der Waals surface area contributed by atoms with Crippen molar-refractivity contribution in [3.63, 3.8) is 0 Å². The Morgan fingerprint density at radius 1 is 0.860 bits per heavy atom. The van der Waals surface area contributed by atoms with Crippen LogP contribution in [0.2, 0.25) is 0 Å². The number of esters is 1.